The van der Waals surface area contributed by atoms with Crippen molar-refractivity contribution < 1.29 is 14.7 Å². The molecule has 0 unspecified atom stereocenters. The number of carbonyl (C=O) groups is 2. The number of aromatic hydroxyl groups is 1. The lowest BCUT2D eigenvalue weighted by molar-refractivity contribution is -0.144. The molecule has 2 heterocycles. The molecule has 1 aromatic rings. The Hall–Kier alpha value is -1.92. The van der Waals surface area contributed by atoms with Crippen molar-refractivity contribution in [2.24, 2.45) is 5.92 Å². The summed E-state index contributed by atoms with van der Waals surface area (Å²) >= 11 is 0. The van der Waals surface area contributed by atoms with Gasteiger partial charge in [0.25, 0.3) is 0 Å². The van der Waals surface area contributed by atoms with Gasteiger partial charge < -0.3 is 5.11 Å². The Morgan fingerprint density at radius 3 is 2.50 bits per heavy atom. The molecule has 6 heteroatoms. The summed E-state index contributed by atoms with van der Waals surface area (Å²) in [4.78, 5) is 27.6. The number of carbonyl (C=O) groups excluding carboxylic acids is 2. The summed E-state index contributed by atoms with van der Waals surface area (Å²) in [5.41, 5.74) is 3.87. The molecule has 128 valence electrons. The van der Waals surface area contributed by atoms with Crippen LogP contribution in [0.1, 0.15) is 43.7 Å². The zero-order chi connectivity index (χ0) is 16.8. The zero-order valence-electron chi connectivity index (χ0n) is 13.8. The summed E-state index contributed by atoms with van der Waals surface area (Å²) in [6, 6.07) is 6.21. The number of likely N-dealkylation sites (N-methyl/N-ethyl adjacent to an activating group) is 1. The number of nitrogens with one attached hydrogen (secondary N) is 1. The van der Waals surface area contributed by atoms with Crippen LogP contribution in [0.2, 0.25) is 0 Å². The monoisotopic (exact) mass is 329 g/mol. The van der Waals surface area contributed by atoms with Crippen LogP contribution in [-0.2, 0) is 9.59 Å². The van der Waals surface area contributed by atoms with Crippen LogP contribution in [-0.4, -0.2) is 46.0 Å². The number of hydrazine groups is 1. The Morgan fingerprint density at radius 2 is 1.79 bits per heavy atom. The van der Waals surface area contributed by atoms with Crippen molar-refractivity contribution in [1.29, 1.82) is 0 Å². The predicted molar refractivity (Wildman–Crippen MR) is 87.8 cm³/mol. The van der Waals surface area contributed by atoms with Crippen molar-refractivity contribution in [3.05, 3.63) is 29.8 Å². The molecule has 0 radical (unpaired) electrons. The van der Waals surface area contributed by atoms with E-state index in [0.29, 0.717) is 5.56 Å². The van der Waals surface area contributed by atoms with Gasteiger partial charge in [-0.25, -0.2) is 10.4 Å². The highest BCUT2D eigenvalue weighted by Crippen LogP contribution is 2.43. The van der Waals surface area contributed by atoms with Gasteiger partial charge in [-0.05, 0) is 18.9 Å². The van der Waals surface area contributed by atoms with Gasteiger partial charge in [0.15, 0.2) is 0 Å². The first-order valence-electron chi connectivity index (χ1n) is 8.73. The third-order valence-electron chi connectivity index (χ3n) is 5.68. The first-order chi connectivity index (χ1) is 11.6. The number of fused-ring (bicyclic) bond motifs is 1. The number of para-hydroxylation sites is 1. The van der Waals surface area contributed by atoms with Crippen LogP contribution in [0.15, 0.2) is 24.3 Å². The Morgan fingerprint density at radius 1 is 1.08 bits per heavy atom. The third-order valence-corrected chi connectivity index (χ3v) is 5.68. The number of hydrogen-bond donors (Lipinski definition) is 2. The highest BCUT2D eigenvalue weighted by atomic mass is 16.3. The molecular formula is C18H23N3O3. The largest absolute Gasteiger partial charge is 0.508 e. The molecule has 2 aliphatic heterocycles. The van der Waals surface area contributed by atoms with E-state index in [0.717, 1.165) is 25.7 Å². The van der Waals surface area contributed by atoms with E-state index in [9.17, 15) is 14.7 Å². The van der Waals surface area contributed by atoms with Gasteiger partial charge in [0.2, 0.25) is 11.8 Å². The summed E-state index contributed by atoms with van der Waals surface area (Å²) in [6.45, 7) is 0. The lowest BCUT2D eigenvalue weighted by Crippen LogP contribution is -2.47. The average molecular weight is 329 g/mol. The molecule has 4 rings (SSSR count). The van der Waals surface area contributed by atoms with E-state index in [1.807, 2.05) is 12.1 Å². The first-order valence-corrected chi connectivity index (χ1v) is 8.73. The number of rotatable bonds is 2. The summed E-state index contributed by atoms with van der Waals surface area (Å²) < 4.78 is 0. The van der Waals surface area contributed by atoms with E-state index >= 15 is 0 Å². The molecule has 1 aliphatic carbocycles. The minimum Gasteiger partial charge on any atom is -0.508 e. The summed E-state index contributed by atoms with van der Waals surface area (Å²) in [5, 5.41) is 11.9. The lowest BCUT2D eigenvalue weighted by atomic mass is 9.90. The van der Waals surface area contributed by atoms with Gasteiger partial charge in [-0.1, -0.05) is 37.5 Å². The fourth-order valence-electron chi connectivity index (χ4n) is 4.52. The van der Waals surface area contributed by atoms with Gasteiger partial charge in [0.1, 0.15) is 11.8 Å². The molecule has 0 bridgehead atoms. The third kappa shape index (κ3) is 2.24. The number of phenolic OH excluding ortho intramolecular Hbond substituents is 1. The van der Waals surface area contributed by atoms with Gasteiger partial charge in [-0.3, -0.25) is 14.5 Å². The maximum atomic E-state index is 13.1. The Labute approximate surface area is 141 Å². The molecular weight excluding hydrogens is 306 g/mol. The Balaban J connectivity index is 1.67. The molecule has 2 amide bonds. The number of phenols is 1. The van der Waals surface area contributed by atoms with E-state index in [-0.39, 0.29) is 29.6 Å². The molecule has 3 fully saturated rings. The number of hydrogen-bond acceptors (Lipinski definition) is 5. The molecule has 1 aromatic carbocycles. The van der Waals surface area contributed by atoms with Crippen LogP contribution in [0.4, 0.5) is 0 Å². The average Bonchev–Trinajstić information content (AvgIpc) is 3.05. The molecule has 6 nitrogen and oxygen atoms in total. The fourth-order valence-corrected chi connectivity index (χ4v) is 4.52. The Kier molecular flexibility index (Phi) is 3.81. The minimum absolute atomic E-state index is 0.0442. The van der Waals surface area contributed by atoms with Crippen LogP contribution >= 0.6 is 0 Å². The van der Waals surface area contributed by atoms with E-state index < -0.39 is 12.0 Å². The van der Waals surface area contributed by atoms with Crippen molar-refractivity contribution >= 4 is 11.8 Å². The smallest absolute Gasteiger partial charge is 0.249 e. The van der Waals surface area contributed by atoms with E-state index in [4.69, 9.17) is 0 Å². The molecule has 0 spiro atoms. The van der Waals surface area contributed by atoms with Gasteiger partial charge in [-0.15, -0.1) is 0 Å². The minimum atomic E-state index is -0.482. The van der Waals surface area contributed by atoms with Crippen LogP contribution < -0.4 is 5.43 Å². The highest BCUT2D eigenvalue weighted by molar-refractivity contribution is 6.08. The number of nitrogens with zero attached hydrogens (tertiary/aromatic N) is 2. The summed E-state index contributed by atoms with van der Waals surface area (Å²) in [7, 11) is 1.80. The normalized spacial score (nSPS) is 31.7. The van der Waals surface area contributed by atoms with Crippen molar-refractivity contribution in [3.8, 4) is 5.75 Å². The number of benzene rings is 1. The van der Waals surface area contributed by atoms with E-state index in [1.54, 1.807) is 24.2 Å². The molecule has 24 heavy (non-hydrogen) atoms. The SMILES string of the molecule is CN1N[C@H](c2ccccc2O)[C@@H]2C(=O)N(C3CCCCC3)C(=O)[C@H]21. The Bertz CT molecular complexity index is 671. The molecule has 2 N–H and O–H groups in total. The van der Waals surface area contributed by atoms with Crippen LogP contribution in [0.3, 0.4) is 0 Å². The van der Waals surface area contributed by atoms with Gasteiger partial charge in [-0.2, -0.15) is 0 Å². The van der Waals surface area contributed by atoms with Crippen molar-refractivity contribution in [2.75, 3.05) is 7.05 Å². The second-order valence-electron chi connectivity index (χ2n) is 7.09. The lowest BCUT2D eigenvalue weighted by Gasteiger charge is -2.31. The van der Waals surface area contributed by atoms with Gasteiger partial charge >= 0.3 is 0 Å². The summed E-state index contributed by atoms with van der Waals surface area (Å²) in [6.07, 6.45) is 5.16. The van der Waals surface area contributed by atoms with Crippen LogP contribution in [0.25, 0.3) is 0 Å². The van der Waals surface area contributed by atoms with Gasteiger partial charge in [0, 0.05) is 18.7 Å². The number of amides is 2. The topological polar surface area (TPSA) is 72.9 Å². The standard InChI is InChI=1S/C18H23N3O3/c1-20-16-14(15(19-20)12-9-5-6-10-13(12)22)17(23)21(18(16)24)11-7-3-2-4-8-11/h5-6,9-11,14-16,19,22H,2-4,7-8H2,1H3/t14-,15+,16-/m0/s1. The predicted octanol–water partition coefficient (Wildman–Crippen LogP) is 1.57. The van der Waals surface area contributed by atoms with Crippen LogP contribution in [0.5, 0.6) is 5.75 Å². The van der Waals surface area contributed by atoms with Crippen molar-refractivity contribution in [1.82, 2.24) is 15.3 Å². The van der Waals surface area contributed by atoms with Crippen molar-refractivity contribution in [2.45, 2.75) is 50.2 Å². The van der Waals surface area contributed by atoms with E-state index in [1.165, 1.54) is 11.3 Å². The molecule has 0 aromatic heterocycles. The quantitative estimate of drug-likeness (QED) is 0.806. The first kappa shape index (κ1) is 15.6. The summed E-state index contributed by atoms with van der Waals surface area (Å²) in [5.74, 6) is -0.509. The molecule has 1 saturated carbocycles. The van der Waals surface area contributed by atoms with E-state index in [2.05, 4.69) is 5.43 Å². The maximum absolute atomic E-state index is 13.1. The van der Waals surface area contributed by atoms with Gasteiger partial charge in [0.05, 0.1) is 12.0 Å². The fraction of sp³-hybridized carbons (Fsp3) is 0.556. The molecule has 3 atom stereocenters. The van der Waals surface area contributed by atoms with Crippen LogP contribution in [0, 0.1) is 5.92 Å². The number of imide groups is 1. The highest BCUT2D eigenvalue weighted by Gasteiger charge is 2.59. The zero-order valence-corrected chi connectivity index (χ0v) is 13.8. The second-order valence-corrected chi connectivity index (χ2v) is 7.09. The second kappa shape index (κ2) is 5.86. The molecule has 2 saturated heterocycles. The van der Waals surface area contributed by atoms with Crippen molar-refractivity contribution in [3.63, 3.8) is 0 Å². The molecule has 3 aliphatic rings. The number of likely N-dealkylation sites (tertiary alicyclic amines) is 1. The maximum Gasteiger partial charge on any atom is 0.249 e.